The summed E-state index contributed by atoms with van der Waals surface area (Å²) in [5, 5.41) is 0. The molecule has 0 saturated heterocycles. The van der Waals surface area contributed by atoms with Crippen LogP contribution in [0, 0.1) is 0 Å². The van der Waals surface area contributed by atoms with Gasteiger partial charge < -0.3 is 0 Å². The second kappa shape index (κ2) is 6.67. The van der Waals surface area contributed by atoms with E-state index >= 15 is 0 Å². The van der Waals surface area contributed by atoms with E-state index in [9.17, 15) is 88.2 Å². The van der Waals surface area contributed by atoms with E-state index in [0.717, 1.165) is 0 Å². The second-order valence-corrected chi connectivity index (χ2v) is 5.19. The van der Waals surface area contributed by atoms with Gasteiger partial charge in [-0.2, -0.15) is 83.4 Å². The molecule has 0 saturated carbocycles. The van der Waals surface area contributed by atoms with Gasteiger partial charge in [0, 0.05) is 0 Å². The van der Waals surface area contributed by atoms with Gasteiger partial charge in [0.1, 0.15) is 0 Å². The zero-order valence-corrected chi connectivity index (χ0v) is 12.6. The van der Waals surface area contributed by atoms with E-state index in [-0.39, 0.29) is 0 Å². The topological polar surface area (TPSA) is 17.1 Å². The van der Waals surface area contributed by atoms with Crippen molar-refractivity contribution in [2.75, 3.05) is 0 Å². The summed E-state index contributed by atoms with van der Waals surface area (Å²) < 4.78 is 240. The van der Waals surface area contributed by atoms with E-state index in [1.165, 1.54) is 0 Å². The molecule has 20 heteroatoms. The molecule has 0 aliphatic heterocycles. The summed E-state index contributed by atoms with van der Waals surface area (Å²) in [5.74, 6) is -67.8. The number of alkyl halides is 19. The highest BCUT2D eigenvalue weighted by Gasteiger charge is 2.96. The maximum atomic E-state index is 13.1. The quantitative estimate of drug-likeness (QED) is 0.391. The fraction of sp³-hybridized carbons (Fsp3) is 0.900. The molecule has 1 nitrogen and oxygen atoms in total. The van der Waals surface area contributed by atoms with Gasteiger partial charge in [0.15, 0.2) is 0 Å². The maximum Gasteiger partial charge on any atom is 0.460 e. The fourth-order valence-corrected chi connectivity index (χ4v) is 1.43. The summed E-state index contributed by atoms with van der Waals surface area (Å²) >= 11 is 0. The third-order valence-electron chi connectivity index (χ3n) is 3.24. The molecule has 0 heterocycles. The van der Waals surface area contributed by atoms with Crippen LogP contribution in [-0.2, 0) is 4.79 Å². The summed E-state index contributed by atoms with van der Waals surface area (Å²) in [6.07, 6.45) is -9.29. The number of halogens is 19. The second-order valence-electron chi connectivity index (χ2n) is 5.19. The first-order valence-corrected chi connectivity index (χ1v) is 6.04. The molecule has 0 aliphatic rings. The molecule has 30 heavy (non-hydrogen) atoms. The lowest BCUT2D eigenvalue weighted by molar-refractivity contribution is -0.466. The standard InChI is InChI=1S/C10F19O/c11-2(12,1-30)3(13,14)4(15,16)5(17,18)6(19,20)7(21,22)8(23,24)9(25,26)10(27,28)29. The molecule has 0 bridgehead atoms. The lowest BCUT2D eigenvalue weighted by atomic mass is 9.87. The first-order valence-electron chi connectivity index (χ1n) is 6.04. The lowest BCUT2D eigenvalue weighted by Gasteiger charge is -2.43. The molecule has 0 aromatic carbocycles. The van der Waals surface area contributed by atoms with Crippen molar-refractivity contribution in [2.45, 2.75) is 53.6 Å². The van der Waals surface area contributed by atoms with Gasteiger partial charge in [-0.05, 0) is 0 Å². The van der Waals surface area contributed by atoms with Crippen LogP contribution in [-0.4, -0.2) is 59.8 Å². The van der Waals surface area contributed by atoms with E-state index in [0.29, 0.717) is 0 Å². The minimum atomic E-state index is -8.98. The summed E-state index contributed by atoms with van der Waals surface area (Å²) in [4.78, 5) is 9.48. The Labute approximate surface area is 149 Å². The predicted molar refractivity (Wildman–Crippen MR) is 51.3 cm³/mol. The Bertz CT molecular complexity index is 655. The van der Waals surface area contributed by atoms with E-state index in [1.54, 1.807) is 0 Å². The SMILES string of the molecule is O=[C]C(F)(F)C(F)(F)C(F)(F)C(F)(F)C(F)(F)C(F)(F)C(F)(F)C(F)(F)C(F)(F)F. The van der Waals surface area contributed by atoms with Crippen LogP contribution in [0.1, 0.15) is 0 Å². The van der Waals surface area contributed by atoms with Gasteiger partial charge in [0.25, 0.3) is 6.29 Å². The van der Waals surface area contributed by atoms with Crippen molar-refractivity contribution in [2.24, 2.45) is 0 Å². The van der Waals surface area contributed by atoms with Gasteiger partial charge in [-0.1, -0.05) is 0 Å². The molecular weight excluding hydrogens is 497 g/mol. The zero-order valence-electron chi connectivity index (χ0n) is 12.6. The van der Waals surface area contributed by atoms with Gasteiger partial charge in [-0.25, -0.2) is 0 Å². The lowest BCUT2D eigenvalue weighted by Crippen LogP contribution is -2.75. The normalized spacial score (nSPS) is 16.6. The number of carbonyl (C=O) groups excluding carboxylic acids is 1. The Morgan fingerprint density at radius 2 is 0.533 bits per heavy atom. The van der Waals surface area contributed by atoms with Crippen LogP contribution in [0.15, 0.2) is 0 Å². The van der Waals surface area contributed by atoms with Crippen LogP contribution in [0.3, 0.4) is 0 Å². The predicted octanol–water partition coefficient (Wildman–Crippen LogP) is 5.74. The largest absolute Gasteiger partial charge is 0.460 e. The van der Waals surface area contributed by atoms with Gasteiger partial charge in [-0.3, -0.25) is 4.79 Å². The third-order valence-corrected chi connectivity index (χ3v) is 3.24. The van der Waals surface area contributed by atoms with Crippen LogP contribution in [0.2, 0.25) is 0 Å². The number of rotatable bonds is 8. The highest BCUT2D eigenvalue weighted by Crippen LogP contribution is 2.64. The minimum absolute atomic E-state index is 1.37. The van der Waals surface area contributed by atoms with Crippen LogP contribution in [0.5, 0.6) is 0 Å². The Kier molecular flexibility index (Phi) is 6.30. The molecule has 0 atom stereocenters. The first kappa shape index (κ1) is 28.3. The Balaban J connectivity index is 6.89. The van der Waals surface area contributed by atoms with Crippen molar-refractivity contribution in [3.05, 3.63) is 0 Å². The smallest absolute Gasteiger partial charge is 0.283 e. The van der Waals surface area contributed by atoms with Gasteiger partial charge in [0.2, 0.25) is 0 Å². The van der Waals surface area contributed by atoms with Crippen LogP contribution >= 0.6 is 0 Å². The van der Waals surface area contributed by atoms with Crippen LogP contribution in [0.25, 0.3) is 0 Å². The molecule has 0 rings (SSSR count). The fourth-order valence-electron chi connectivity index (χ4n) is 1.43. The van der Waals surface area contributed by atoms with E-state index in [4.69, 9.17) is 0 Å². The molecular formula is C10F19O. The molecule has 0 aliphatic carbocycles. The van der Waals surface area contributed by atoms with E-state index in [1.807, 2.05) is 0 Å². The van der Waals surface area contributed by atoms with Crippen molar-refractivity contribution in [3.8, 4) is 0 Å². The van der Waals surface area contributed by atoms with Crippen molar-refractivity contribution in [1.29, 1.82) is 0 Å². The Morgan fingerprint density at radius 1 is 0.333 bits per heavy atom. The van der Waals surface area contributed by atoms with E-state index < -0.39 is 59.8 Å². The summed E-state index contributed by atoms with van der Waals surface area (Å²) in [6, 6.07) is 0. The average Bonchev–Trinajstić information content (AvgIpc) is 2.52. The molecule has 0 spiro atoms. The first-order chi connectivity index (χ1) is 12.6. The molecule has 179 valence electrons. The van der Waals surface area contributed by atoms with Crippen molar-refractivity contribution in [1.82, 2.24) is 0 Å². The summed E-state index contributed by atoms with van der Waals surface area (Å²) in [5.41, 5.74) is 0. The van der Waals surface area contributed by atoms with Crippen molar-refractivity contribution < 1.29 is 88.2 Å². The van der Waals surface area contributed by atoms with Gasteiger partial charge in [-0.15, -0.1) is 0 Å². The highest BCUT2D eigenvalue weighted by atomic mass is 19.4. The molecule has 0 aromatic rings. The molecule has 0 amide bonds. The van der Waals surface area contributed by atoms with Crippen LogP contribution < -0.4 is 0 Å². The molecule has 0 fully saturated rings. The molecule has 0 aromatic heterocycles. The minimum Gasteiger partial charge on any atom is -0.283 e. The third kappa shape index (κ3) is 3.14. The zero-order chi connectivity index (χ0) is 25.2. The molecule has 0 unspecified atom stereocenters. The Morgan fingerprint density at radius 3 is 0.733 bits per heavy atom. The highest BCUT2D eigenvalue weighted by molar-refractivity contribution is 5.63. The number of hydrogen-bond donors (Lipinski definition) is 0. The molecule has 1 radical (unpaired) electrons. The Hall–Kier alpha value is -1.66. The maximum absolute atomic E-state index is 13.1. The van der Waals surface area contributed by atoms with Gasteiger partial charge >= 0.3 is 53.6 Å². The monoisotopic (exact) mass is 497 g/mol. The van der Waals surface area contributed by atoms with Crippen molar-refractivity contribution >= 4 is 6.29 Å². The summed E-state index contributed by atoms with van der Waals surface area (Å²) in [7, 11) is 0. The average molecular weight is 497 g/mol. The summed E-state index contributed by atoms with van der Waals surface area (Å²) in [6.45, 7) is 0. The van der Waals surface area contributed by atoms with Crippen molar-refractivity contribution in [3.63, 3.8) is 0 Å². The van der Waals surface area contributed by atoms with E-state index in [2.05, 4.69) is 0 Å². The van der Waals surface area contributed by atoms with Crippen LogP contribution in [0.4, 0.5) is 83.4 Å². The van der Waals surface area contributed by atoms with Gasteiger partial charge in [0.05, 0.1) is 0 Å². The number of hydrogen-bond acceptors (Lipinski definition) is 1. The molecule has 0 N–H and O–H groups in total.